The highest BCUT2D eigenvalue weighted by Crippen LogP contribution is 2.41. The zero-order chi connectivity index (χ0) is 11.7. The number of hydrogen-bond acceptors (Lipinski definition) is 3. The van der Waals surface area contributed by atoms with E-state index in [1.807, 2.05) is 0 Å². The van der Waals surface area contributed by atoms with Gasteiger partial charge < -0.3 is 11.6 Å². The lowest BCUT2D eigenvalue weighted by Crippen LogP contribution is -2.36. The number of hydrogen-bond donors (Lipinski definition) is 3. The molecule has 2 rings (SSSR count). The molecule has 0 heterocycles. The first-order valence-electron chi connectivity index (χ1n) is 5.36. The second kappa shape index (κ2) is 4.00. The summed E-state index contributed by atoms with van der Waals surface area (Å²) >= 11 is 0. The predicted octanol–water partition coefficient (Wildman–Crippen LogP) is 0.807. The highest BCUT2D eigenvalue weighted by atomic mass is 15.4. The van der Waals surface area contributed by atoms with Gasteiger partial charge in [0.2, 0.25) is 5.96 Å². The molecule has 0 bridgehead atoms. The second-order valence-corrected chi connectivity index (χ2v) is 4.38. The van der Waals surface area contributed by atoms with Gasteiger partial charge in [-0.15, -0.1) is 5.10 Å². The van der Waals surface area contributed by atoms with Crippen molar-refractivity contribution in [3.8, 4) is 0 Å². The first-order valence-corrected chi connectivity index (χ1v) is 5.36. The van der Waals surface area contributed by atoms with E-state index in [4.69, 9.17) is 11.6 Å². The summed E-state index contributed by atoms with van der Waals surface area (Å²) < 4.78 is 0. The Morgan fingerprint density at radius 3 is 2.81 bits per heavy atom. The van der Waals surface area contributed by atoms with E-state index in [1.165, 1.54) is 16.7 Å². The molecule has 0 spiro atoms. The fourth-order valence-corrected chi connectivity index (χ4v) is 2.43. The summed E-state index contributed by atoms with van der Waals surface area (Å²) in [5.74, 6) is 5.78. The molecule has 0 saturated heterocycles. The lowest BCUT2D eigenvalue weighted by atomic mass is 9.69. The van der Waals surface area contributed by atoms with Crippen LogP contribution in [0.25, 0.3) is 0 Å². The van der Waals surface area contributed by atoms with Gasteiger partial charge >= 0.3 is 0 Å². The lowest BCUT2D eigenvalue weighted by molar-refractivity contribution is 0.580. The molecule has 1 saturated carbocycles. The van der Waals surface area contributed by atoms with Crippen molar-refractivity contribution in [2.75, 3.05) is 0 Å². The van der Waals surface area contributed by atoms with E-state index in [-0.39, 0.29) is 5.96 Å². The molecule has 2 aliphatic rings. The number of nitrogens with zero attached hydrogens (tertiary/aromatic N) is 2. The molecule has 16 heavy (non-hydrogen) atoms. The van der Waals surface area contributed by atoms with Crippen molar-refractivity contribution >= 4 is 11.7 Å². The predicted molar refractivity (Wildman–Crippen MR) is 65.6 cm³/mol. The number of fused-ring (bicyclic) bond motifs is 1. The van der Waals surface area contributed by atoms with E-state index in [0.717, 1.165) is 18.6 Å². The van der Waals surface area contributed by atoms with Crippen LogP contribution in [-0.2, 0) is 0 Å². The molecule has 2 aliphatic carbocycles. The maximum absolute atomic E-state index is 5.40. The molecule has 0 amide bonds. The average molecular weight is 219 g/mol. The second-order valence-electron chi connectivity index (χ2n) is 4.38. The van der Waals surface area contributed by atoms with Crippen molar-refractivity contribution in [2.45, 2.75) is 26.7 Å². The van der Waals surface area contributed by atoms with E-state index >= 15 is 0 Å². The number of rotatable bonds is 1. The molecule has 1 fully saturated rings. The standard InChI is InChI=1S/C11H17N5/c1-6-3-7(2)10-8(4-6)5-9(10)15-16-11(12)14-13/h3,8H,4-5,13H2,1-2H3,(H3,12,14,16). The topological polar surface area (TPSA) is 88.8 Å². The van der Waals surface area contributed by atoms with Gasteiger partial charge in [0.25, 0.3) is 0 Å². The minimum Gasteiger partial charge on any atom is -0.367 e. The number of allylic oxidation sites excluding steroid dienone is 4. The monoisotopic (exact) mass is 219 g/mol. The molecule has 5 heteroatoms. The molecule has 0 aromatic heterocycles. The minimum atomic E-state index is 0.136. The van der Waals surface area contributed by atoms with E-state index < -0.39 is 0 Å². The molecule has 1 unspecified atom stereocenters. The summed E-state index contributed by atoms with van der Waals surface area (Å²) in [6.07, 6.45) is 4.37. The van der Waals surface area contributed by atoms with Crippen molar-refractivity contribution in [2.24, 2.45) is 27.7 Å². The van der Waals surface area contributed by atoms with E-state index in [9.17, 15) is 0 Å². The number of nitrogens with two attached hydrogens (primary N) is 2. The summed E-state index contributed by atoms with van der Waals surface area (Å²) in [4.78, 5) is 0. The SMILES string of the molecule is CC1=CC(C)=C2C(=NNC(N)=NN)CC2C1. The summed E-state index contributed by atoms with van der Waals surface area (Å²) in [5, 5.41) is 7.51. The molecule has 5 nitrogen and oxygen atoms in total. The number of hydrazone groups is 2. The van der Waals surface area contributed by atoms with Gasteiger partial charge in [-0.2, -0.15) is 5.10 Å². The Morgan fingerprint density at radius 2 is 2.19 bits per heavy atom. The third kappa shape index (κ3) is 1.80. The van der Waals surface area contributed by atoms with Gasteiger partial charge in [0, 0.05) is 0 Å². The van der Waals surface area contributed by atoms with Gasteiger partial charge in [0.15, 0.2) is 0 Å². The minimum absolute atomic E-state index is 0.136. The molecular weight excluding hydrogens is 202 g/mol. The van der Waals surface area contributed by atoms with Crippen LogP contribution in [0.5, 0.6) is 0 Å². The van der Waals surface area contributed by atoms with Crippen molar-refractivity contribution in [3.63, 3.8) is 0 Å². The smallest absolute Gasteiger partial charge is 0.231 e. The van der Waals surface area contributed by atoms with Crippen LogP contribution >= 0.6 is 0 Å². The third-order valence-corrected chi connectivity index (χ3v) is 3.06. The van der Waals surface area contributed by atoms with Crippen molar-refractivity contribution < 1.29 is 0 Å². The first-order chi connectivity index (χ1) is 7.61. The number of guanidine groups is 1. The highest BCUT2D eigenvalue weighted by Gasteiger charge is 2.34. The van der Waals surface area contributed by atoms with Crippen LogP contribution in [0, 0.1) is 5.92 Å². The normalized spacial score (nSPS) is 27.4. The van der Waals surface area contributed by atoms with Gasteiger partial charge in [-0.3, -0.25) is 0 Å². The molecule has 5 N–H and O–H groups in total. The summed E-state index contributed by atoms with van der Waals surface area (Å²) in [6.45, 7) is 4.30. The fourth-order valence-electron chi connectivity index (χ4n) is 2.43. The summed E-state index contributed by atoms with van der Waals surface area (Å²) in [5.41, 5.74) is 13.2. The van der Waals surface area contributed by atoms with E-state index in [1.54, 1.807) is 0 Å². The van der Waals surface area contributed by atoms with E-state index in [2.05, 4.69) is 35.6 Å². The molecule has 1 atom stereocenters. The lowest BCUT2D eigenvalue weighted by Gasteiger charge is -2.36. The van der Waals surface area contributed by atoms with Crippen LogP contribution < -0.4 is 17.0 Å². The first kappa shape index (κ1) is 10.7. The van der Waals surface area contributed by atoms with Crippen molar-refractivity contribution in [3.05, 3.63) is 22.8 Å². The molecule has 0 aromatic rings. The van der Waals surface area contributed by atoms with Crippen LogP contribution in [0.4, 0.5) is 0 Å². The Kier molecular flexibility index (Phi) is 2.68. The van der Waals surface area contributed by atoms with Gasteiger partial charge in [-0.05, 0) is 43.8 Å². The van der Waals surface area contributed by atoms with Crippen LogP contribution in [0.3, 0.4) is 0 Å². The zero-order valence-corrected chi connectivity index (χ0v) is 9.62. The largest absolute Gasteiger partial charge is 0.367 e. The molecular formula is C11H17N5. The molecule has 0 aromatic carbocycles. The van der Waals surface area contributed by atoms with Gasteiger partial charge in [-0.1, -0.05) is 11.6 Å². The van der Waals surface area contributed by atoms with Crippen LogP contribution in [0.2, 0.25) is 0 Å². The fraction of sp³-hybridized carbons (Fsp3) is 0.455. The molecule has 86 valence electrons. The van der Waals surface area contributed by atoms with Crippen molar-refractivity contribution in [1.82, 2.24) is 5.43 Å². The zero-order valence-electron chi connectivity index (χ0n) is 9.62. The van der Waals surface area contributed by atoms with Gasteiger partial charge in [-0.25, -0.2) is 5.43 Å². The van der Waals surface area contributed by atoms with Crippen LogP contribution in [0.1, 0.15) is 26.7 Å². The van der Waals surface area contributed by atoms with E-state index in [0.29, 0.717) is 5.92 Å². The summed E-state index contributed by atoms with van der Waals surface area (Å²) in [7, 11) is 0. The van der Waals surface area contributed by atoms with Crippen LogP contribution in [0.15, 0.2) is 33.0 Å². The Labute approximate surface area is 95.0 Å². The Morgan fingerprint density at radius 1 is 1.44 bits per heavy atom. The van der Waals surface area contributed by atoms with Crippen LogP contribution in [-0.4, -0.2) is 11.7 Å². The Balaban J connectivity index is 2.15. The molecule has 0 aliphatic heterocycles. The van der Waals surface area contributed by atoms with Gasteiger partial charge in [0.1, 0.15) is 0 Å². The number of nitrogens with one attached hydrogen (secondary N) is 1. The maximum atomic E-state index is 5.40. The van der Waals surface area contributed by atoms with Gasteiger partial charge in [0.05, 0.1) is 5.71 Å². The van der Waals surface area contributed by atoms with Crippen molar-refractivity contribution in [1.29, 1.82) is 0 Å². The maximum Gasteiger partial charge on any atom is 0.231 e. The highest BCUT2D eigenvalue weighted by molar-refractivity contribution is 6.08. The third-order valence-electron chi connectivity index (χ3n) is 3.06. The Hall–Kier alpha value is -1.78. The molecule has 0 radical (unpaired) electrons. The average Bonchev–Trinajstić information content (AvgIpc) is 2.19. The Bertz CT molecular complexity index is 428. The quantitative estimate of drug-likeness (QED) is 0.264. The summed E-state index contributed by atoms with van der Waals surface area (Å²) in [6, 6.07) is 0.